The lowest BCUT2D eigenvalue weighted by molar-refractivity contribution is 0.112. The first-order valence-corrected chi connectivity index (χ1v) is 6.45. The monoisotopic (exact) mass is 268 g/mol. The maximum Gasteiger partial charge on any atom is 0.151 e. The minimum Gasteiger partial charge on any atom is -0.395 e. The van der Waals surface area contributed by atoms with Crippen LogP contribution in [0.4, 0.5) is 5.69 Å². The highest BCUT2D eigenvalue weighted by Gasteiger charge is 2.17. The van der Waals surface area contributed by atoms with Crippen LogP contribution in [0, 0.1) is 0 Å². The molecule has 0 atom stereocenters. The van der Waals surface area contributed by atoms with Crippen LogP contribution in [-0.4, -0.2) is 55.6 Å². The molecule has 1 aliphatic rings. The van der Waals surface area contributed by atoms with Gasteiger partial charge in [0, 0.05) is 44.0 Å². The zero-order valence-electron chi connectivity index (χ0n) is 10.2. The van der Waals surface area contributed by atoms with Crippen LogP contribution in [0.1, 0.15) is 10.4 Å². The number of carbonyl (C=O) groups excluding carboxylic acids is 1. The summed E-state index contributed by atoms with van der Waals surface area (Å²) in [5.74, 6) is 0. The van der Waals surface area contributed by atoms with Crippen molar-refractivity contribution in [1.29, 1.82) is 0 Å². The van der Waals surface area contributed by atoms with Gasteiger partial charge in [0.25, 0.3) is 0 Å². The Morgan fingerprint density at radius 1 is 1.28 bits per heavy atom. The minimum absolute atomic E-state index is 0.208. The van der Waals surface area contributed by atoms with Crippen LogP contribution >= 0.6 is 11.6 Å². The van der Waals surface area contributed by atoms with Gasteiger partial charge in [0.1, 0.15) is 0 Å². The Morgan fingerprint density at radius 3 is 2.56 bits per heavy atom. The molecule has 1 saturated heterocycles. The summed E-state index contributed by atoms with van der Waals surface area (Å²) in [7, 11) is 0. The molecular formula is C13H17ClN2O2. The molecule has 1 aromatic carbocycles. The van der Waals surface area contributed by atoms with Gasteiger partial charge in [-0.25, -0.2) is 0 Å². The fraction of sp³-hybridized carbons (Fsp3) is 0.462. The molecule has 0 saturated carbocycles. The van der Waals surface area contributed by atoms with Crippen molar-refractivity contribution in [3.8, 4) is 0 Å². The maximum atomic E-state index is 10.7. The van der Waals surface area contributed by atoms with Gasteiger partial charge in [0.2, 0.25) is 0 Å². The lowest BCUT2D eigenvalue weighted by atomic mass is 10.2. The highest BCUT2D eigenvalue weighted by atomic mass is 35.5. The number of aliphatic hydroxyl groups is 1. The van der Waals surface area contributed by atoms with Crippen molar-refractivity contribution in [2.45, 2.75) is 0 Å². The zero-order valence-corrected chi connectivity index (χ0v) is 10.9. The third-order valence-corrected chi connectivity index (χ3v) is 3.59. The summed E-state index contributed by atoms with van der Waals surface area (Å²) < 4.78 is 0. The van der Waals surface area contributed by atoms with Crippen LogP contribution in [0.5, 0.6) is 0 Å². The summed E-state index contributed by atoms with van der Waals surface area (Å²) in [4.78, 5) is 15.2. The number of anilines is 1. The number of rotatable bonds is 4. The number of halogens is 1. The summed E-state index contributed by atoms with van der Waals surface area (Å²) in [5.41, 5.74) is 1.58. The number of aliphatic hydroxyl groups excluding tert-OH is 1. The summed E-state index contributed by atoms with van der Waals surface area (Å²) in [6, 6.07) is 5.52. The van der Waals surface area contributed by atoms with Gasteiger partial charge in [-0.3, -0.25) is 9.69 Å². The van der Waals surface area contributed by atoms with E-state index in [2.05, 4.69) is 9.80 Å². The molecule has 0 bridgehead atoms. The number of hydrogen-bond donors (Lipinski definition) is 1. The van der Waals surface area contributed by atoms with Gasteiger partial charge >= 0.3 is 0 Å². The Labute approximate surface area is 112 Å². The van der Waals surface area contributed by atoms with E-state index in [-0.39, 0.29) is 6.61 Å². The Balaban J connectivity index is 2.01. The van der Waals surface area contributed by atoms with Gasteiger partial charge in [0.15, 0.2) is 6.29 Å². The average Bonchev–Trinajstić information content (AvgIpc) is 2.40. The Bertz CT molecular complexity index is 417. The molecule has 2 rings (SSSR count). The van der Waals surface area contributed by atoms with Crippen molar-refractivity contribution in [3.63, 3.8) is 0 Å². The molecule has 0 aromatic heterocycles. The van der Waals surface area contributed by atoms with E-state index in [1.165, 1.54) is 0 Å². The van der Waals surface area contributed by atoms with Crippen LogP contribution in [0.3, 0.4) is 0 Å². The van der Waals surface area contributed by atoms with Gasteiger partial charge < -0.3 is 10.0 Å². The molecule has 18 heavy (non-hydrogen) atoms. The van der Waals surface area contributed by atoms with Crippen molar-refractivity contribution in [3.05, 3.63) is 28.8 Å². The molecule has 0 aliphatic carbocycles. The molecule has 98 valence electrons. The first-order chi connectivity index (χ1) is 8.74. The Morgan fingerprint density at radius 2 is 2.00 bits per heavy atom. The standard InChI is InChI=1S/C13H17ClN2O2/c14-13-9-12(2-1-11(13)10-18)16-5-3-15(4-6-16)7-8-17/h1-2,9-10,17H,3-8H2. The SMILES string of the molecule is O=Cc1ccc(N2CCN(CCO)CC2)cc1Cl. The Kier molecular flexibility index (Phi) is 4.58. The van der Waals surface area contributed by atoms with Gasteiger partial charge in [-0.2, -0.15) is 0 Å². The van der Waals surface area contributed by atoms with Gasteiger partial charge in [0.05, 0.1) is 11.6 Å². The molecule has 4 nitrogen and oxygen atoms in total. The van der Waals surface area contributed by atoms with Crippen LogP contribution in [0.15, 0.2) is 18.2 Å². The van der Waals surface area contributed by atoms with Gasteiger partial charge in [-0.1, -0.05) is 11.6 Å². The summed E-state index contributed by atoms with van der Waals surface area (Å²) >= 11 is 6.03. The van der Waals surface area contributed by atoms with E-state index in [4.69, 9.17) is 16.7 Å². The topological polar surface area (TPSA) is 43.8 Å². The molecule has 1 aliphatic heterocycles. The van der Waals surface area contributed by atoms with E-state index in [9.17, 15) is 4.79 Å². The van der Waals surface area contributed by atoms with Crippen molar-refractivity contribution in [2.75, 3.05) is 44.2 Å². The maximum absolute atomic E-state index is 10.7. The van der Waals surface area contributed by atoms with Crippen LogP contribution in [0.25, 0.3) is 0 Å². The smallest absolute Gasteiger partial charge is 0.151 e. The van der Waals surface area contributed by atoms with Crippen LogP contribution < -0.4 is 4.90 Å². The number of aldehydes is 1. The number of piperazine rings is 1. The fourth-order valence-corrected chi connectivity index (χ4v) is 2.40. The second-order valence-electron chi connectivity index (χ2n) is 4.38. The molecule has 1 fully saturated rings. The lowest BCUT2D eigenvalue weighted by Crippen LogP contribution is -2.47. The zero-order chi connectivity index (χ0) is 13.0. The number of carbonyl (C=O) groups is 1. The van der Waals surface area contributed by atoms with E-state index in [0.717, 1.165) is 44.7 Å². The summed E-state index contributed by atoms with van der Waals surface area (Å²) in [6.07, 6.45) is 0.769. The van der Waals surface area contributed by atoms with Crippen LogP contribution in [-0.2, 0) is 0 Å². The molecule has 0 unspecified atom stereocenters. The second-order valence-corrected chi connectivity index (χ2v) is 4.78. The molecule has 0 amide bonds. The molecule has 5 heteroatoms. The molecule has 0 radical (unpaired) electrons. The van der Waals surface area contributed by atoms with E-state index in [1.54, 1.807) is 6.07 Å². The van der Waals surface area contributed by atoms with Crippen molar-refractivity contribution in [2.24, 2.45) is 0 Å². The third-order valence-electron chi connectivity index (χ3n) is 3.26. The predicted octanol–water partition coefficient (Wildman–Crippen LogP) is 1.27. The van der Waals surface area contributed by atoms with Crippen molar-refractivity contribution in [1.82, 2.24) is 4.90 Å². The highest BCUT2D eigenvalue weighted by Crippen LogP contribution is 2.23. The number of benzene rings is 1. The molecular weight excluding hydrogens is 252 g/mol. The van der Waals surface area contributed by atoms with E-state index >= 15 is 0 Å². The molecule has 1 aromatic rings. The minimum atomic E-state index is 0.208. The number of nitrogens with zero attached hydrogens (tertiary/aromatic N) is 2. The normalized spacial score (nSPS) is 16.9. The summed E-state index contributed by atoms with van der Waals surface area (Å²) in [6.45, 7) is 4.65. The van der Waals surface area contributed by atoms with Crippen LogP contribution in [0.2, 0.25) is 5.02 Å². The van der Waals surface area contributed by atoms with Crippen molar-refractivity contribution < 1.29 is 9.90 Å². The average molecular weight is 269 g/mol. The molecule has 0 spiro atoms. The highest BCUT2D eigenvalue weighted by molar-refractivity contribution is 6.33. The predicted molar refractivity (Wildman–Crippen MR) is 72.6 cm³/mol. The summed E-state index contributed by atoms with van der Waals surface area (Å²) in [5, 5.41) is 9.39. The third kappa shape index (κ3) is 3.02. The quantitative estimate of drug-likeness (QED) is 0.836. The van der Waals surface area contributed by atoms with E-state index in [1.807, 2.05) is 12.1 Å². The number of β-amino-alcohol motifs (C(OH)–C–C–N with tert-alkyl or cyclic N) is 1. The number of hydrogen-bond acceptors (Lipinski definition) is 4. The fourth-order valence-electron chi connectivity index (χ4n) is 2.18. The van der Waals surface area contributed by atoms with E-state index < -0.39 is 0 Å². The van der Waals surface area contributed by atoms with Gasteiger partial charge in [-0.05, 0) is 18.2 Å². The van der Waals surface area contributed by atoms with Gasteiger partial charge in [-0.15, -0.1) is 0 Å². The largest absolute Gasteiger partial charge is 0.395 e. The first kappa shape index (κ1) is 13.3. The lowest BCUT2D eigenvalue weighted by Gasteiger charge is -2.35. The second kappa shape index (κ2) is 6.18. The van der Waals surface area contributed by atoms with Crippen molar-refractivity contribution >= 4 is 23.6 Å². The van der Waals surface area contributed by atoms with E-state index in [0.29, 0.717) is 10.6 Å². The molecule has 1 heterocycles. The molecule has 1 N–H and O–H groups in total. The Hall–Kier alpha value is -1.10. The first-order valence-electron chi connectivity index (χ1n) is 6.07.